The SMILES string of the molecule is CN1CCC[C@H]1[C@H]1CCCN1C(=O)c1ccc(Cn2ccnc2)cc1. The number of aromatic nitrogens is 2. The van der Waals surface area contributed by atoms with E-state index in [1.807, 2.05) is 29.2 Å². The minimum atomic E-state index is 0.192. The van der Waals surface area contributed by atoms with Gasteiger partial charge >= 0.3 is 0 Å². The molecule has 0 unspecified atom stereocenters. The Balaban J connectivity index is 1.46. The number of likely N-dealkylation sites (N-methyl/N-ethyl adjacent to an activating group) is 1. The number of nitrogens with zero attached hydrogens (tertiary/aromatic N) is 4. The van der Waals surface area contributed by atoms with E-state index in [1.165, 1.54) is 18.4 Å². The van der Waals surface area contributed by atoms with Crippen molar-refractivity contribution in [3.63, 3.8) is 0 Å². The fraction of sp³-hybridized carbons (Fsp3) is 0.500. The van der Waals surface area contributed by atoms with Crippen molar-refractivity contribution < 1.29 is 4.79 Å². The number of hydrogen-bond acceptors (Lipinski definition) is 3. The number of imidazole rings is 1. The number of rotatable bonds is 4. The van der Waals surface area contributed by atoms with Crippen LogP contribution in [0.4, 0.5) is 0 Å². The Morgan fingerprint density at radius 3 is 2.56 bits per heavy atom. The van der Waals surface area contributed by atoms with Gasteiger partial charge < -0.3 is 14.4 Å². The average molecular weight is 338 g/mol. The largest absolute Gasteiger partial charge is 0.334 e. The molecule has 2 fully saturated rings. The summed E-state index contributed by atoms with van der Waals surface area (Å²) >= 11 is 0. The van der Waals surface area contributed by atoms with Crippen molar-refractivity contribution in [2.45, 2.75) is 44.3 Å². The standard InChI is InChI=1S/C20H26N4O/c1-22-11-2-4-18(22)19-5-3-12-24(19)20(25)17-8-6-16(7-9-17)14-23-13-10-21-15-23/h6-10,13,15,18-19H,2-5,11-12,14H2,1H3/t18-,19+/m0/s1. The van der Waals surface area contributed by atoms with E-state index in [-0.39, 0.29) is 5.91 Å². The van der Waals surface area contributed by atoms with Crippen LogP contribution in [0.2, 0.25) is 0 Å². The molecule has 0 N–H and O–H groups in total. The number of amides is 1. The Hall–Kier alpha value is -2.14. The smallest absolute Gasteiger partial charge is 0.254 e. The summed E-state index contributed by atoms with van der Waals surface area (Å²) in [4.78, 5) is 21.7. The maximum absolute atomic E-state index is 13.0. The quantitative estimate of drug-likeness (QED) is 0.860. The molecule has 25 heavy (non-hydrogen) atoms. The molecule has 0 saturated carbocycles. The zero-order valence-electron chi connectivity index (χ0n) is 14.8. The number of likely N-dealkylation sites (tertiary alicyclic amines) is 2. The van der Waals surface area contributed by atoms with Crippen LogP contribution in [0, 0.1) is 0 Å². The van der Waals surface area contributed by atoms with Gasteiger partial charge in [0, 0.05) is 43.1 Å². The van der Waals surface area contributed by atoms with E-state index in [1.54, 1.807) is 6.20 Å². The molecule has 2 atom stereocenters. The molecule has 4 rings (SSSR count). The summed E-state index contributed by atoms with van der Waals surface area (Å²) in [6, 6.07) is 8.97. The van der Waals surface area contributed by atoms with Crippen molar-refractivity contribution in [2.24, 2.45) is 0 Å². The molecule has 0 spiro atoms. The van der Waals surface area contributed by atoms with Gasteiger partial charge in [0.15, 0.2) is 0 Å². The van der Waals surface area contributed by atoms with Crippen LogP contribution in [0.3, 0.4) is 0 Å². The van der Waals surface area contributed by atoms with Gasteiger partial charge in [0.25, 0.3) is 5.91 Å². The number of carbonyl (C=O) groups is 1. The van der Waals surface area contributed by atoms with Crippen LogP contribution >= 0.6 is 0 Å². The van der Waals surface area contributed by atoms with Crippen LogP contribution in [0.1, 0.15) is 41.6 Å². The zero-order valence-corrected chi connectivity index (χ0v) is 14.8. The van der Waals surface area contributed by atoms with Crippen LogP contribution in [-0.4, -0.2) is 57.5 Å². The summed E-state index contributed by atoms with van der Waals surface area (Å²) in [5.74, 6) is 0.192. The molecule has 5 heteroatoms. The van der Waals surface area contributed by atoms with Gasteiger partial charge in [-0.1, -0.05) is 12.1 Å². The third kappa shape index (κ3) is 3.33. The zero-order chi connectivity index (χ0) is 17.2. The van der Waals surface area contributed by atoms with E-state index in [9.17, 15) is 4.79 Å². The molecule has 1 amide bonds. The van der Waals surface area contributed by atoms with Gasteiger partial charge in [0.1, 0.15) is 0 Å². The summed E-state index contributed by atoms with van der Waals surface area (Å²) < 4.78 is 2.03. The van der Waals surface area contributed by atoms with E-state index in [2.05, 4.69) is 34.0 Å². The van der Waals surface area contributed by atoms with Gasteiger partial charge in [-0.05, 0) is 57.0 Å². The Bertz CT molecular complexity index is 710. The molecular formula is C20H26N4O. The molecule has 5 nitrogen and oxygen atoms in total. The van der Waals surface area contributed by atoms with Crippen molar-refractivity contribution in [3.8, 4) is 0 Å². The molecule has 132 valence electrons. The first-order chi connectivity index (χ1) is 12.2. The van der Waals surface area contributed by atoms with Gasteiger partial charge in [0.2, 0.25) is 0 Å². The summed E-state index contributed by atoms with van der Waals surface area (Å²) in [6.07, 6.45) is 10.3. The predicted molar refractivity (Wildman–Crippen MR) is 97.5 cm³/mol. The minimum absolute atomic E-state index is 0.192. The van der Waals surface area contributed by atoms with E-state index >= 15 is 0 Å². The summed E-state index contributed by atoms with van der Waals surface area (Å²) in [5, 5.41) is 0. The molecule has 2 saturated heterocycles. The van der Waals surface area contributed by atoms with Crippen molar-refractivity contribution >= 4 is 5.91 Å². The molecule has 2 aliphatic rings. The molecule has 2 aliphatic heterocycles. The van der Waals surface area contributed by atoms with Crippen LogP contribution < -0.4 is 0 Å². The van der Waals surface area contributed by atoms with Crippen molar-refractivity contribution in [3.05, 3.63) is 54.1 Å². The van der Waals surface area contributed by atoms with Crippen LogP contribution in [0.25, 0.3) is 0 Å². The van der Waals surface area contributed by atoms with E-state index in [0.29, 0.717) is 12.1 Å². The van der Waals surface area contributed by atoms with Gasteiger partial charge in [-0.15, -0.1) is 0 Å². The fourth-order valence-corrected chi connectivity index (χ4v) is 4.38. The second kappa shape index (κ2) is 7.00. The first-order valence-corrected chi connectivity index (χ1v) is 9.28. The molecule has 0 bridgehead atoms. The molecular weight excluding hydrogens is 312 g/mol. The topological polar surface area (TPSA) is 41.4 Å². The number of carbonyl (C=O) groups excluding carboxylic acids is 1. The monoisotopic (exact) mass is 338 g/mol. The van der Waals surface area contributed by atoms with Gasteiger partial charge in [-0.25, -0.2) is 4.98 Å². The highest BCUT2D eigenvalue weighted by Crippen LogP contribution is 2.30. The number of hydrogen-bond donors (Lipinski definition) is 0. The van der Waals surface area contributed by atoms with Crippen LogP contribution in [0.5, 0.6) is 0 Å². The lowest BCUT2D eigenvalue weighted by Crippen LogP contribution is -2.47. The van der Waals surface area contributed by atoms with Crippen molar-refractivity contribution in [1.82, 2.24) is 19.4 Å². The Kier molecular flexibility index (Phi) is 4.57. The lowest BCUT2D eigenvalue weighted by molar-refractivity contribution is 0.0664. The van der Waals surface area contributed by atoms with Crippen LogP contribution in [-0.2, 0) is 6.54 Å². The number of benzene rings is 1. The van der Waals surface area contributed by atoms with E-state index in [0.717, 1.165) is 38.0 Å². The molecule has 3 heterocycles. The normalized spacial score (nSPS) is 24.1. The van der Waals surface area contributed by atoms with Crippen LogP contribution in [0.15, 0.2) is 43.0 Å². The Labute approximate surface area is 149 Å². The second-order valence-corrected chi connectivity index (χ2v) is 7.33. The molecule has 1 aromatic heterocycles. The lowest BCUT2D eigenvalue weighted by Gasteiger charge is -2.33. The van der Waals surface area contributed by atoms with Crippen molar-refractivity contribution in [1.29, 1.82) is 0 Å². The Morgan fingerprint density at radius 1 is 1.12 bits per heavy atom. The highest BCUT2D eigenvalue weighted by molar-refractivity contribution is 5.94. The molecule has 0 radical (unpaired) electrons. The summed E-state index contributed by atoms with van der Waals surface area (Å²) in [6.45, 7) is 2.84. The molecule has 0 aliphatic carbocycles. The van der Waals surface area contributed by atoms with Gasteiger partial charge in [-0.3, -0.25) is 4.79 Å². The van der Waals surface area contributed by atoms with Gasteiger partial charge in [0.05, 0.1) is 6.33 Å². The second-order valence-electron chi connectivity index (χ2n) is 7.33. The summed E-state index contributed by atoms with van der Waals surface area (Å²) in [7, 11) is 2.20. The maximum atomic E-state index is 13.0. The van der Waals surface area contributed by atoms with E-state index in [4.69, 9.17) is 0 Å². The third-order valence-corrected chi connectivity index (χ3v) is 5.71. The highest BCUT2D eigenvalue weighted by Gasteiger charge is 2.38. The molecule has 1 aromatic carbocycles. The van der Waals surface area contributed by atoms with Gasteiger partial charge in [-0.2, -0.15) is 0 Å². The average Bonchev–Trinajstić information content (AvgIpc) is 3.36. The van der Waals surface area contributed by atoms with E-state index < -0.39 is 0 Å². The maximum Gasteiger partial charge on any atom is 0.254 e. The first kappa shape index (κ1) is 16.3. The summed E-state index contributed by atoms with van der Waals surface area (Å²) in [5.41, 5.74) is 1.99. The predicted octanol–water partition coefficient (Wildman–Crippen LogP) is 2.63. The fourth-order valence-electron chi connectivity index (χ4n) is 4.38. The Morgan fingerprint density at radius 2 is 1.88 bits per heavy atom. The minimum Gasteiger partial charge on any atom is -0.334 e. The lowest BCUT2D eigenvalue weighted by atomic mass is 10.0. The highest BCUT2D eigenvalue weighted by atomic mass is 16.2. The first-order valence-electron chi connectivity index (χ1n) is 9.28. The van der Waals surface area contributed by atoms with Crippen molar-refractivity contribution in [2.75, 3.05) is 20.1 Å². The third-order valence-electron chi connectivity index (χ3n) is 5.71. The molecule has 2 aromatic rings.